The number of fused-ring (bicyclic) bond motifs is 2. The van der Waals surface area contributed by atoms with Crippen molar-refractivity contribution in [3.63, 3.8) is 0 Å². The summed E-state index contributed by atoms with van der Waals surface area (Å²) in [5.74, 6) is -1.06. The van der Waals surface area contributed by atoms with E-state index >= 15 is 0 Å². The highest BCUT2D eigenvalue weighted by Crippen LogP contribution is 2.48. The van der Waals surface area contributed by atoms with Crippen LogP contribution >= 0.6 is 0 Å². The van der Waals surface area contributed by atoms with Gasteiger partial charge in [0.05, 0.1) is 54.0 Å². The van der Waals surface area contributed by atoms with E-state index < -0.39 is 64.4 Å². The Bertz CT molecular complexity index is 2930. The van der Waals surface area contributed by atoms with Crippen LogP contribution in [-0.2, 0) is 49.0 Å². The highest BCUT2D eigenvalue weighted by molar-refractivity contribution is 5.87. The lowest BCUT2D eigenvalue weighted by molar-refractivity contribution is -0.166. The predicted octanol–water partition coefficient (Wildman–Crippen LogP) is 12.4. The number of carboxylic acid groups (broad SMARTS) is 1. The number of methoxy groups -OCH3 is 1. The van der Waals surface area contributed by atoms with E-state index in [1.807, 2.05) is 6.07 Å². The average Bonchev–Trinajstić information content (AvgIpc) is 3.94. The Labute approximate surface area is 407 Å². The van der Waals surface area contributed by atoms with E-state index in [9.17, 15) is 41.0 Å². The number of carboxylic acids is 1. The number of halogens is 6. The third kappa shape index (κ3) is 11.6. The van der Waals surface area contributed by atoms with Crippen molar-refractivity contribution in [3.05, 3.63) is 130 Å². The molecule has 0 amide bonds. The van der Waals surface area contributed by atoms with Crippen molar-refractivity contribution in [1.29, 1.82) is 0 Å². The third-order valence-corrected chi connectivity index (χ3v) is 11.7. The molecule has 2 aliphatic rings. The molecule has 8 rings (SSSR count). The molecule has 6 aromatic rings. The van der Waals surface area contributed by atoms with Gasteiger partial charge in [-0.05, 0) is 164 Å². The van der Waals surface area contributed by atoms with E-state index in [1.54, 1.807) is 109 Å². The number of hydrogen-bond donors (Lipinski definition) is 1. The van der Waals surface area contributed by atoms with Crippen LogP contribution in [0.3, 0.4) is 0 Å². The molecule has 0 saturated carbocycles. The zero-order valence-electron chi connectivity index (χ0n) is 40.8. The fourth-order valence-corrected chi connectivity index (χ4v) is 8.76. The fourth-order valence-electron chi connectivity index (χ4n) is 8.76. The second-order valence-electron chi connectivity index (χ2n) is 19.2. The minimum atomic E-state index is -4.81. The minimum Gasteiger partial charge on any atom is -0.493 e. The van der Waals surface area contributed by atoms with Gasteiger partial charge in [0, 0.05) is 46.0 Å². The Morgan fingerprint density at radius 2 is 1.03 bits per heavy atom. The van der Waals surface area contributed by atoms with Crippen molar-refractivity contribution < 1.29 is 64.7 Å². The van der Waals surface area contributed by atoms with Gasteiger partial charge in [-0.15, -0.1) is 0 Å². The number of esters is 1. The van der Waals surface area contributed by atoms with E-state index in [0.29, 0.717) is 59.3 Å². The lowest BCUT2D eigenvalue weighted by Crippen LogP contribution is -2.30. The Hall–Kier alpha value is -6.66. The van der Waals surface area contributed by atoms with Gasteiger partial charge in [-0.3, -0.25) is 0 Å². The van der Waals surface area contributed by atoms with E-state index in [2.05, 4.69) is 10.2 Å². The average molecular weight is 991 g/mol. The molecule has 378 valence electrons. The minimum absolute atomic E-state index is 0.108. The number of ether oxygens (including phenoxy) is 5. The lowest BCUT2D eigenvalue weighted by Gasteiger charge is -2.31. The largest absolute Gasteiger partial charge is 0.493 e. The van der Waals surface area contributed by atoms with Crippen LogP contribution in [0, 0.1) is 13.8 Å². The molecule has 2 aliphatic heterocycles. The second kappa shape index (κ2) is 20.2. The molecule has 4 heterocycles. The smallest absolute Gasteiger partial charge is 0.416 e. The van der Waals surface area contributed by atoms with Gasteiger partial charge in [0.15, 0.2) is 12.2 Å². The molecule has 0 spiro atoms. The van der Waals surface area contributed by atoms with E-state index in [0.717, 1.165) is 55.3 Å². The van der Waals surface area contributed by atoms with E-state index in [1.165, 1.54) is 23.0 Å². The molecule has 0 saturated heterocycles. The Morgan fingerprint density at radius 3 is 1.38 bits per heavy atom. The normalized spacial score (nSPS) is 14.7. The number of aromatic nitrogens is 4. The van der Waals surface area contributed by atoms with Crippen LogP contribution < -0.4 is 9.47 Å². The SMILES string of the molecule is COC(=O)C(OC(C)(C)C)c1c(C(F)(F)F)ccc(-n2nccc2C)c1-c1ccc2c(c1)CCCO2.Cc1ccnn1-c1ccc(C(F)(F)F)c(C(OC(C)(C)C)C(=O)O)c1-c1ccc2c(c1)CCCO2. The summed E-state index contributed by atoms with van der Waals surface area (Å²) in [5.41, 5.74) is 0.326. The van der Waals surface area contributed by atoms with Crippen molar-refractivity contribution >= 4 is 11.9 Å². The summed E-state index contributed by atoms with van der Waals surface area (Å²) in [4.78, 5) is 25.4. The summed E-state index contributed by atoms with van der Waals surface area (Å²) < 4.78 is 118. The van der Waals surface area contributed by atoms with E-state index in [-0.39, 0.29) is 16.7 Å². The van der Waals surface area contributed by atoms with Crippen LogP contribution in [0.2, 0.25) is 0 Å². The molecule has 71 heavy (non-hydrogen) atoms. The molecule has 12 nitrogen and oxygen atoms in total. The monoisotopic (exact) mass is 990 g/mol. The number of alkyl halides is 6. The van der Waals surface area contributed by atoms with Crippen LogP contribution in [0.4, 0.5) is 26.3 Å². The van der Waals surface area contributed by atoms with Crippen molar-refractivity contribution in [2.75, 3.05) is 20.3 Å². The molecular formula is C53H56F6N4O8. The maximum Gasteiger partial charge on any atom is 0.416 e. The maximum atomic E-state index is 14.5. The van der Waals surface area contributed by atoms with Crippen LogP contribution in [-0.4, -0.2) is 68.1 Å². The van der Waals surface area contributed by atoms with Gasteiger partial charge in [0.2, 0.25) is 0 Å². The van der Waals surface area contributed by atoms with Crippen LogP contribution in [0.15, 0.2) is 85.2 Å². The zero-order valence-corrected chi connectivity index (χ0v) is 40.8. The number of carbonyl (C=O) groups excluding carboxylic acids is 1. The quantitative estimate of drug-likeness (QED) is 0.104. The number of hydrogen-bond acceptors (Lipinski definition) is 9. The second-order valence-corrected chi connectivity index (χ2v) is 19.2. The van der Waals surface area contributed by atoms with Crippen molar-refractivity contribution in [2.24, 2.45) is 0 Å². The molecule has 2 atom stereocenters. The number of aliphatic carboxylic acids is 1. The molecule has 0 radical (unpaired) electrons. The van der Waals surface area contributed by atoms with Gasteiger partial charge in [0.25, 0.3) is 0 Å². The standard InChI is InChI=1S/C27H29F3N2O4.C26H27F3N2O4/c1-16-12-13-31-32(16)20-10-9-19(27(28,29)30)23(24(25(33)34-5)36-26(2,3)4)22(20)18-8-11-21-17(15-18)7-6-14-35-21;1-15-11-12-30-31(15)19-9-8-18(26(27,28)29)22(23(24(32)33)35-25(2,3)4)21(19)17-7-10-20-16(14-17)6-5-13-34-20/h8-13,15,24H,6-7,14H2,1-5H3;7-12,14,23H,5-6,13H2,1-4H3,(H,32,33). The van der Waals surface area contributed by atoms with Gasteiger partial charge in [-0.25, -0.2) is 19.0 Å². The van der Waals surface area contributed by atoms with Gasteiger partial charge >= 0.3 is 24.3 Å². The number of rotatable bonds is 10. The lowest BCUT2D eigenvalue weighted by atomic mass is 9.88. The van der Waals surface area contributed by atoms with Gasteiger partial charge in [-0.2, -0.15) is 36.5 Å². The van der Waals surface area contributed by atoms with Crippen molar-refractivity contribution in [3.8, 4) is 45.1 Å². The molecule has 1 N–H and O–H groups in total. The van der Waals surface area contributed by atoms with E-state index in [4.69, 9.17) is 23.7 Å². The Morgan fingerprint density at radius 1 is 0.620 bits per heavy atom. The molecular weight excluding hydrogens is 935 g/mol. The first kappa shape index (κ1) is 52.2. The third-order valence-electron chi connectivity index (χ3n) is 11.7. The maximum absolute atomic E-state index is 14.5. The first-order valence-electron chi connectivity index (χ1n) is 23.0. The van der Waals surface area contributed by atoms with Gasteiger partial charge in [-0.1, -0.05) is 12.1 Å². The fraction of sp³-hybridized carbons (Fsp3) is 0.396. The molecule has 18 heteroatoms. The van der Waals surface area contributed by atoms with Crippen LogP contribution in [0.1, 0.15) is 111 Å². The molecule has 2 aromatic heterocycles. The van der Waals surface area contributed by atoms with Crippen molar-refractivity contribution in [1.82, 2.24) is 19.6 Å². The van der Waals surface area contributed by atoms with Crippen LogP contribution in [0.25, 0.3) is 33.6 Å². The zero-order chi connectivity index (χ0) is 51.8. The summed E-state index contributed by atoms with van der Waals surface area (Å²) in [6.45, 7) is 14.6. The summed E-state index contributed by atoms with van der Waals surface area (Å²) in [7, 11) is 1.13. The molecule has 0 bridgehead atoms. The molecule has 4 aromatic carbocycles. The summed E-state index contributed by atoms with van der Waals surface area (Å²) in [6.07, 6.45) is -6.95. The summed E-state index contributed by atoms with van der Waals surface area (Å²) in [5, 5.41) is 18.7. The number of benzene rings is 4. The summed E-state index contributed by atoms with van der Waals surface area (Å²) >= 11 is 0. The molecule has 0 aliphatic carbocycles. The first-order chi connectivity index (χ1) is 33.3. The highest BCUT2D eigenvalue weighted by Gasteiger charge is 2.44. The Balaban J connectivity index is 0.000000209. The van der Waals surface area contributed by atoms with Crippen LogP contribution in [0.5, 0.6) is 11.5 Å². The topological polar surface area (TPSA) is 136 Å². The number of carbonyl (C=O) groups is 2. The highest BCUT2D eigenvalue weighted by atomic mass is 19.4. The summed E-state index contributed by atoms with van der Waals surface area (Å²) in [6, 6.07) is 18.5. The van der Waals surface area contributed by atoms with Crippen molar-refractivity contribution in [2.45, 2.75) is 117 Å². The van der Waals surface area contributed by atoms with Gasteiger partial charge in [0.1, 0.15) is 11.5 Å². The van der Waals surface area contributed by atoms with Gasteiger partial charge < -0.3 is 28.8 Å². The first-order valence-corrected chi connectivity index (χ1v) is 23.0. The predicted molar refractivity (Wildman–Crippen MR) is 252 cm³/mol. The molecule has 2 unspecified atom stereocenters. The number of aryl methyl sites for hydroxylation is 4. The molecule has 0 fully saturated rings. The Kier molecular flexibility index (Phi) is 14.9. The number of nitrogens with zero attached hydrogens (tertiary/aromatic N) is 4.